The van der Waals surface area contributed by atoms with Gasteiger partial charge in [0.1, 0.15) is 6.04 Å². The summed E-state index contributed by atoms with van der Waals surface area (Å²) in [6, 6.07) is 7.15. The number of nitrogens with one attached hydrogen (secondary N) is 1. The summed E-state index contributed by atoms with van der Waals surface area (Å²) >= 11 is 0. The third-order valence-corrected chi connectivity index (χ3v) is 3.85. The minimum atomic E-state index is -0.670. The number of morpholine rings is 1. The van der Waals surface area contributed by atoms with E-state index >= 15 is 0 Å². The summed E-state index contributed by atoms with van der Waals surface area (Å²) in [4.78, 5) is 14.4. The smallest absolute Gasteiger partial charge is 0.243 e. The first-order valence-electron chi connectivity index (χ1n) is 8.00. The summed E-state index contributed by atoms with van der Waals surface area (Å²) in [7, 11) is 1.53. The predicted octanol–water partition coefficient (Wildman–Crippen LogP) is 1.21. The van der Waals surface area contributed by atoms with E-state index in [2.05, 4.69) is 24.1 Å². The second-order valence-corrected chi connectivity index (χ2v) is 6.16. The highest BCUT2D eigenvalue weighted by atomic mass is 16.5. The number of hydrogen-bond acceptors (Lipinski definition) is 5. The number of nitrogens with zero attached hydrogens (tertiary/aromatic N) is 1. The molecule has 128 valence electrons. The SMILES string of the molecule is COCC(N)C(=O)Nc1ccccc1CN1CC(C)OC(C)C1. The highest BCUT2D eigenvalue weighted by Crippen LogP contribution is 2.20. The van der Waals surface area contributed by atoms with Gasteiger partial charge in [-0.25, -0.2) is 0 Å². The maximum Gasteiger partial charge on any atom is 0.243 e. The molecule has 0 bridgehead atoms. The third kappa shape index (κ3) is 5.28. The Balaban J connectivity index is 2.04. The zero-order valence-electron chi connectivity index (χ0n) is 14.1. The van der Waals surface area contributed by atoms with Gasteiger partial charge in [-0.3, -0.25) is 9.69 Å². The van der Waals surface area contributed by atoms with Crippen LogP contribution in [0.3, 0.4) is 0 Å². The van der Waals surface area contributed by atoms with Crippen LogP contribution in [-0.2, 0) is 20.8 Å². The van der Waals surface area contributed by atoms with Crippen LogP contribution in [0, 0.1) is 0 Å². The van der Waals surface area contributed by atoms with Crippen LogP contribution in [0.1, 0.15) is 19.4 Å². The number of nitrogens with two attached hydrogens (primary N) is 1. The molecule has 3 unspecified atom stereocenters. The largest absolute Gasteiger partial charge is 0.383 e. The van der Waals surface area contributed by atoms with E-state index in [9.17, 15) is 4.79 Å². The van der Waals surface area contributed by atoms with Gasteiger partial charge in [0.2, 0.25) is 5.91 Å². The summed E-state index contributed by atoms with van der Waals surface area (Å²) in [6.45, 7) is 6.91. The van der Waals surface area contributed by atoms with E-state index in [1.54, 1.807) is 0 Å². The lowest BCUT2D eigenvalue weighted by molar-refractivity contribution is -0.118. The fourth-order valence-electron chi connectivity index (χ4n) is 2.92. The maximum atomic E-state index is 12.1. The molecule has 3 N–H and O–H groups in total. The van der Waals surface area contributed by atoms with Gasteiger partial charge in [-0.2, -0.15) is 0 Å². The molecular weight excluding hydrogens is 294 g/mol. The topological polar surface area (TPSA) is 76.8 Å². The van der Waals surface area contributed by atoms with E-state index in [0.717, 1.165) is 30.9 Å². The highest BCUT2D eigenvalue weighted by molar-refractivity contribution is 5.95. The van der Waals surface area contributed by atoms with Crippen molar-refractivity contribution in [2.45, 2.75) is 38.6 Å². The lowest BCUT2D eigenvalue weighted by Crippen LogP contribution is -2.45. The second kappa shape index (κ2) is 8.40. The van der Waals surface area contributed by atoms with Gasteiger partial charge in [-0.15, -0.1) is 0 Å². The van der Waals surface area contributed by atoms with Crippen molar-refractivity contribution in [3.05, 3.63) is 29.8 Å². The van der Waals surface area contributed by atoms with Crippen LogP contribution in [-0.4, -0.2) is 55.9 Å². The lowest BCUT2D eigenvalue weighted by atomic mass is 10.1. The van der Waals surface area contributed by atoms with Crippen LogP contribution >= 0.6 is 0 Å². The summed E-state index contributed by atoms with van der Waals surface area (Å²) in [5.74, 6) is -0.233. The number of carbonyl (C=O) groups excluding carboxylic acids is 1. The van der Waals surface area contributed by atoms with Crippen molar-refractivity contribution in [2.75, 3.05) is 32.1 Å². The Morgan fingerprint density at radius 2 is 2.04 bits per heavy atom. The normalized spacial score (nSPS) is 23.5. The first-order valence-corrected chi connectivity index (χ1v) is 8.00. The Bertz CT molecular complexity index is 514. The van der Waals surface area contributed by atoms with E-state index in [-0.39, 0.29) is 24.7 Å². The summed E-state index contributed by atoms with van der Waals surface area (Å²) in [6.07, 6.45) is 0.436. The molecule has 1 aromatic carbocycles. The molecule has 6 heteroatoms. The van der Waals surface area contributed by atoms with Gasteiger partial charge in [0.05, 0.1) is 18.8 Å². The van der Waals surface area contributed by atoms with Gasteiger partial charge in [0.25, 0.3) is 0 Å². The lowest BCUT2D eigenvalue weighted by Gasteiger charge is -2.35. The zero-order chi connectivity index (χ0) is 16.8. The molecule has 1 amide bonds. The van der Waals surface area contributed by atoms with Crippen molar-refractivity contribution in [3.8, 4) is 0 Å². The molecule has 1 fully saturated rings. The van der Waals surface area contributed by atoms with E-state index in [4.69, 9.17) is 15.2 Å². The number of amides is 1. The van der Waals surface area contributed by atoms with Gasteiger partial charge < -0.3 is 20.5 Å². The molecule has 1 aliphatic rings. The monoisotopic (exact) mass is 321 g/mol. The summed E-state index contributed by atoms with van der Waals surface area (Å²) in [5.41, 5.74) is 7.66. The van der Waals surface area contributed by atoms with E-state index in [1.807, 2.05) is 24.3 Å². The quantitative estimate of drug-likeness (QED) is 0.823. The maximum absolute atomic E-state index is 12.1. The highest BCUT2D eigenvalue weighted by Gasteiger charge is 2.23. The molecule has 6 nitrogen and oxygen atoms in total. The van der Waals surface area contributed by atoms with Gasteiger partial charge in [-0.05, 0) is 25.5 Å². The molecule has 2 rings (SSSR count). The fraction of sp³-hybridized carbons (Fsp3) is 0.588. The van der Waals surface area contributed by atoms with Crippen LogP contribution in [0.5, 0.6) is 0 Å². The van der Waals surface area contributed by atoms with Gasteiger partial charge >= 0.3 is 0 Å². The molecule has 3 atom stereocenters. The summed E-state index contributed by atoms with van der Waals surface area (Å²) in [5, 5.41) is 2.91. The Morgan fingerprint density at radius 1 is 1.39 bits per heavy atom. The standard InChI is InChI=1S/C17H27N3O3/c1-12-8-20(9-13(2)23-12)10-14-6-4-5-7-16(14)19-17(21)15(18)11-22-3/h4-7,12-13,15H,8-11,18H2,1-3H3,(H,19,21). The van der Waals surface area contributed by atoms with Crippen LogP contribution in [0.15, 0.2) is 24.3 Å². The number of carbonyl (C=O) groups is 1. The molecule has 23 heavy (non-hydrogen) atoms. The molecule has 1 saturated heterocycles. The van der Waals surface area contributed by atoms with Crippen molar-refractivity contribution < 1.29 is 14.3 Å². The predicted molar refractivity (Wildman–Crippen MR) is 90.2 cm³/mol. The number of hydrogen-bond donors (Lipinski definition) is 2. The van der Waals surface area contributed by atoms with Gasteiger partial charge in [0.15, 0.2) is 0 Å². The minimum Gasteiger partial charge on any atom is -0.383 e. The Labute approximate surface area is 137 Å². The number of anilines is 1. The molecule has 1 heterocycles. The van der Waals surface area contributed by atoms with Crippen molar-refractivity contribution >= 4 is 11.6 Å². The molecular formula is C17H27N3O3. The third-order valence-electron chi connectivity index (χ3n) is 3.85. The fourth-order valence-corrected chi connectivity index (χ4v) is 2.92. The average molecular weight is 321 g/mol. The van der Waals surface area contributed by atoms with Gasteiger partial charge in [-0.1, -0.05) is 18.2 Å². The van der Waals surface area contributed by atoms with Crippen LogP contribution in [0.25, 0.3) is 0 Å². The van der Waals surface area contributed by atoms with Crippen LogP contribution in [0.2, 0.25) is 0 Å². The number of rotatable bonds is 6. The minimum absolute atomic E-state index is 0.201. The van der Waals surface area contributed by atoms with Crippen molar-refractivity contribution in [1.82, 2.24) is 4.90 Å². The van der Waals surface area contributed by atoms with Crippen molar-refractivity contribution in [2.24, 2.45) is 5.73 Å². The number of para-hydroxylation sites is 1. The van der Waals surface area contributed by atoms with Gasteiger partial charge in [0, 0.05) is 32.4 Å². The Morgan fingerprint density at radius 3 is 2.70 bits per heavy atom. The molecule has 0 saturated carbocycles. The van der Waals surface area contributed by atoms with Crippen molar-refractivity contribution in [1.29, 1.82) is 0 Å². The van der Waals surface area contributed by atoms with E-state index in [1.165, 1.54) is 7.11 Å². The number of methoxy groups -OCH3 is 1. The molecule has 1 aromatic rings. The van der Waals surface area contributed by atoms with Crippen molar-refractivity contribution in [3.63, 3.8) is 0 Å². The molecule has 1 aliphatic heterocycles. The summed E-state index contributed by atoms with van der Waals surface area (Å²) < 4.78 is 10.7. The van der Waals surface area contributed by atoms with E-state index < -0.39 is 6.04 Å². The number of ether oxygens (including phenoxy) is 2. The van der Waals surface area contributed by atoms with Crippen LogP contribution in [0.4, 0.5) is 5.69 Å². The first kappa shape index (κ1) is 17.9. The molecule has 0 spiro atoms. The van der Waals surface area contributed by atoms with Crippen LogP contribution < -0.4 is 11.1 Å². The molecule has 0 aliphatic carbocycles. The number of benzene rings is 1. The van der Waals surface area contributed by atoms with E-state index in [0.29, 0.717) is 0 Å². The first-order chi connectivity index (χ1) is 11.0. The Hall–Kier alpha value is -1.47. The molecule has 0 radical (unpaired) electrons. The zero-order valence-corrected chi connectivity index (χ0v) is 14.1. The second-order valence-electron chi connectivity index (χ2n) is 6.16. The molecule has 0 aromatic heterocycles. The average Bonchev–Trinajstić information content (AvgIpc) is 2.48. The Kier molecular flexibility index (Phi) is 6.53.